The van der Waals surface area contributed by atoms with Gasteiger partial charge in [-0.2, -0.15) is 0 Å². The average molecular weight is 357 g/mol. The number of amides is 1. The highest BCUT2D eigenvalue weighted by Crippen LogP contribution is 2.35. The molecule has 1 fully saturated rings. The van der Waals surface area contributed by atoms with Gasteiger partial charge in [0, 0.05) is 27.5 Å². The molecular weight excluding hydrogens is 334 g/mol. The van der Waals surface area contributed by atoms with Crippen molar-refractivity contribution in [3.8, 4) is 11.5 Å². The second kappa shape index (κ2) is 8.30. The molecule has 4 nitrogen and oxygen atoms in total. The standard InChI is InChI=1S/C20H23NO3S/c1-23-16-11-14(12-17(13-16)24-2)20(22)21-15-7-9-19(10-8-15)25-18-5-3-4-6-18/h7-13,18H,3-6H2,1-2H3,(H,21,22). The number of nitrogens with one attached hydrogen (secondary N) is 1. The van der Waals surface area contributed by atoms with Gasteiger partial charge >= 0.3 is 0 Å². The number of benzene rings is 2. The Kier molecular flexibility index (Phi) is 5.87. The third kappa shape index (κ3) is 4.69. The molecule has 0 aromatic heterocycles. The number of thioether (sulfide) groups is 1. The van der Waals surface area contributed by atoms with Gasteiger partial charge in [0.05, 0.1) is 14.2 Å². The van der Waals surface area contributed by atoms with Gasteiger partial charge in [-0.25, -0.2) is 0 Å². The van der Waals surface area contributed by atoms with Gasteiger partial charge < -0.3 is 14.8 Å². The zero-order chi connectivity index (χ0) is 17.6. The number of anilines is 1. The van der Waals surface area contributed by atoms with Crippen LogP contribution in [0.15, 0.2) is 47.4 Å². The molecule has 0 saturated heterocycles. The maximum atomic E-state index is 12.5. The number of carbonyl (C=O) groups excluding carboxylic acids is 1. The maximum absolute atomic E-state index is 12.5. The van der Waals surface area contributed by atoms with Crippen molar-refractivity contribution < 1.29 is 14.3 Å². The average Bonchev–Trinajstić information content (AvgIpc) is 3.15. The van der Waals surface area contributed by atoms with E-state index in [0.29, 0.717) is 17.1 Å². The highest BCUT2D eigenvalue weighted by atomic mass is 32.2. The molecule has 2 aromatic carbocycles. The van der Waals surface area contributed by atoms with Crippen molar-refractivity contribution in [2.75, 3.05) is 19.5 Å². The fourth-order valence-corrected chi connectivity index (χ4v) is 4.20. The quantitative estimate of drug-likeness (QED) is 0.791. The van der Waals surface area contributed by atoms with E-state index in [1.165, 1.54) is 30.6 Å². The normalized spacial score (nSPS) is 14.3. The molecule has 0 radical (unpaired) electrons. The molecule has 132 valence electrons. The highest BCUT2D eigenvalue weighted by molar-refractivity contribution is 8.00. The molecule has 2 aromatic rings. The summed E-state index contributed by atoms with van der Waals surface area (Å²) in [5, 5.41) is 3.66. The van der Waals surface area contributed by atoms with E-state index in [-0.39, 0.29) is 5.91 Å². The van der Waals surface area contributed by atoms with Crippen LogP contribution in [0.5, 0.6) is 11.5 Å². The topological polar surface area (TPSA) is 47.6 Å². The van der Waals surface area contributed by atoms with Crippen LogP contribution < -0.4 is 14.8 Å². The lowest BCUT2D eigenvalue weighted by atomic mass is 10.2. The summed E-state index contributed by atoms with van der Waals surface area (Å²) in [6, 6.07) is 13.2. The summed E-state index contributed by atoms with van der Waals surface area (Å²) in [4.78, 5) is 13.7. The predicted octanol–water partition coefficient (Wildman–Crippen LogP) is 4.99. The Bertz CT molecular complexity index is 702. The van der Waals surface area contributed by atoms with Crippen LogP contribution in [0.4, 0.5) is 5.69 Å². The van der Waals surface area contributed by atoms with Crippen LogP contribution in [0.1, 0.15) is 36.0 Å². The van der Waals surface area contributed by atoms with Crippen molar-refractivity contribution >= 4 is 23.4 Å². The van der Waals surface area contributed by atoms with Crippen LogP contribution in [0.25, 0.3) is 0 Å². The van der Waals surface area contributed by atoms with E-state index in [4.69, 9.17) is 9.47 Å². The fourth-order valence-electron chi connectivity index (χ4n) is 2.96. The molecule has 1 aliphatic rings. The summed E-state index contributed by atoms with van der Waals surface area (Å²) in [7, 11) is 3.13. The van der Waals surface area contributed by atoms with Crippen molar-refractivity contribution in [2.24, 2.45) is 0 Å². The van der Waals surface area contributed by atoms with Gasteiger partial charge in [0.15, 0.2) is 0 Å². The van der Waals surface area contributed by atoms with Gasteiger partial charge in [-0.15, -0.1) is 11.8 Å². The molecule has 5 heteroatoms. The largest absolute Gasteiger partial charge is 0.497 e. The van der Waals surface area contributed by atoms with Crippen LogP contribution in [0.2, 0.25) is 0 Å². The lowest BCUT2D eigenvalue weighted by molar-refractivity contribution is 0.102. The predicted molar refractivity (Wildman–Crippen MR) is 102 cm³/mol. The van der Waals surface area contributed by atoms with Gasteiger partial charge in [-0.1, -0.05) is 12.8 Å². The van der Waals surface area contributed by atoms with Crippen molar-refractivity contribution in [1.29, 1.82) is 0 Å². The lowest BCUT2D eigenvalue weighted by Gasteiger charge is -2.11. The summed E-state index contributed by atoms with van der Waals surface area (Å²) in [6.07, 6.45) is 5.30. The molecule has 1 saturated carbocycles. The van der Waals surface area contributed by atoms with E-state index in [0.717, 1.165) is 10.9 Å². The summed E-state index contributed by atoms with van der Waals surface area (Å²) >= 11 is 1.94. The molecule has 0 atom stereocenters. The Morgan fingerprint density at radius 3 is 2.16 bits per heavy atom. The second-order valence-corrected chi connectivity index (χ2v) is 7.48. The molecule has 1 N–H and O–H groups in total. The highest BCUT2D eigenvalue weighted by Gasteiger charge is 2.16. The molecule has 1 aliphatic carbocycles. The second-order valence-electron chi connectivity index (χ2n) is 6.10. The van der Waals surface area contributed by atoms with Crippen molar-refractivity contribution in [1.82, 2.24) is 0 Å². The first kappa shape index (κ1) is 17.7. The van der Waals surface area contributed by atoms with Gasteiger partial charge in [-0.05, 0) is 49.2 Å². The van der Waals surface area contributed by atoms with Crippen LogP contribution >= 0.6 is 11.8 Å². The van der Waals surface area contributed by atoms with Crippen molar-refractivity contribution in [3.63, 3.8) is 0 Å². The Morgan fingerprint density at radius 1 is 1.00 bits per heavy atom. The number of ether oxygens (including phenoxy) is 2. The summed E-state index contributed by atoms with van der Waals surface area (Å²) < 4.78 is 10.4. The molecule has 1 amide bonds. The van der Waals surface area contributed by atoms with Crippen LogP contribution in [-0.2, 0) is 0 Å². The lowest BCUT2D eigenvalue weighted by Crippen LogP contribution is -2.12. The molecule has 0 aliphatic heterocycles. The molecule has 0 bridgehead atoms. The van der Waals surface area contributed by atoms with E-state index in [2.05, 4.69) is 17.4 Å². The number of rotatable bonds is 6. The molecule has 25 heavy (non-hydrogen) atoms. The minimum atomic E-state index is -0.187. The van der Waals surface area contributed by atoms with Crippen LogP contribution in [0, 0.1) is 0 Å². The fraction of sp³-hybridized carbons (Fsp3) is 0.350. The minimum absolute atomic E-state index is 0.187. The van der Waals surface area contributed by atoms with E-state index < -0.39 is 0 Å². The number of carbonyl (C=O) groups is 1. The maximum Gasteiger partial charge on any atom is 0.255 e. The molecule has 0 heterocycles. The van der Waals surface area contributed by atoms with E-state index >= 15 is 0 Å². The molecule has 3 rings (SSSR count). The monoisotopic (exact) mass is 357 g/mol. The van der Waals surface area contributed by atoms with Gasteiger partial charge in [-0.3, -0.25) is 4.79 Å². The zero-order valence-electron chi connectivity index (χ0n) is 14.6. The first-order valence-corrected chi connectivity index (χ1v) is 9.37. The Hall–Kier alpha value is -2.14. The third-order valence-electron chi connectivity index (χ3n) is 4.33. The van der Waals surface area contributed by atoms with E-state index in [1.807, 2.05) is 23.9 Å². The molecule has 0 spiro atoms. The van der Waals surface area contributed by atoms with Gasteiger partial charge in [0.25, 0.3) is 5.91 Å². The minimum Gasteiger partial charge on any atom is -0.497 e. The van der Waals surface area contributed by atoms with Crippen LogP contribution in [0.3, 0.4) is 0 Å². The number of hydrogen-bond acceptors (Lipinski definition) is 4. The smallest absolute Gasteiger partial charge is 0.255 e. The van der Waals surface area contributed by atoms with E-state index in [9.17, 15) is 4.79 Å². The Balaban J connectivity index is 1.66. The molecule has 0 unspecified atom stereocenters. The summed E-state index contributed by atoms with van der Waals surface area (Å²) in [5.41, 5.74) is 1.28. The SMILES string of the molecule is COc1cc(OC)cc(C(=O)Nc2ccc(SC3CCCC3)cc2)c1. The third-order valence-corrected chi connectivity index (χ3v) is 5.68. The first-order valence-electron chi connectivity index (χ1n) is 8.49. The number of methoxy groups -OCH3 is 2. The Labute approximate surface area is 152 Å². The summed E-state index contributed by atoms with van der Waals surface area (Å²) in [5.74, 6) is 0.994. The van der Waals surface area contributed by atoms with Crippen LogP contribution in [-0.4, -0.2) is 25.4 Å². The summed E-state index contributed by atoms with van der Waals surface area (Å²) in [6.45, 7) is 0. The van der Waals surface area contributed by atoms with Gasteiger partial charge in [0.1, 0.15) is 11.5 Å². The first-order chi connectivity index (χ1) is 12.2. The Morgan fingerprint density at radius 2 is 1.60 bits per heavy atom. The van der Waals surface area contributed by atoms with Crippen molar-refractivity contribution in [2.45, 2.75) is 35.8 Å². The van der Waals surface area contributed by atoms with Gasteiger partial charge in [0.2, 0.25) is 0 Å². The number of hydrogen-bond donors (Lipinski definition) is 1. The van der Waals surface area contributed by atoms with Crippen molar-refractivity contribution in [3.05, 3.63) is 48.0 Å². The molecular formula is C20H23NO3S. The zero-order valence-corrected chi connectivity index (χ0v) is 15.4. The van der Waals surface area contributed by atoms with E-state index in [1.54, 1.807) is 32.4 Å².